The summed E-state index contributed by atoms with van der Waals surface area (Å²) in [6, 6.07) is 94.9. The molecule has 11 aromatic carbocycles. The van der Waals surface area contributed by atoms with Crippen LogP contribution >= 0.6 is 0 Å². The Kier molecular flexibility index (Phi) is 10.7. The highest BCUT2D eigenvalue weighted by atomic mass is 15.1. The molecule has 0 saturated carbocycles. The SMILES string of the molecule is C1=C(c2ccccc2)CC(c2ccccc2)C=C1c1c2ccccc2c(-c2cc(-c3ccccc3)cc(-c3ccccc3)c2)c2cc(-c3ccc(-c4nc5ccccc5n4-c4ccccc4)cc3)ccc12. The number of imidazole rings is 1. The topological polar surface area (TPSA) is 17.8 Å². The molecule has 1 aliphatic carbocycles. The van der Waals surface area contributed by atoms with Gasteiger partial charge in [-0.25, -0.2) is 4.98 Å². The van der Waals surface area contributed by atoms with E-state index in [1.807, 2.05) is 0 Å². The smallest absolute Gasteiger partial charge is 0.145 e. The highest BCUT2D eigenvalue weighted by Crippen LogP contribution is 2.48. The van der Waals surface area contributed by atoms with Crippen LogP contribution in [0, 0.1) is 0 Å². The predicted molar refractivity (Wildman–Crippen MR) is 299 cm³/mol. The first-order chi connectivity index (χ1) is 35.2. The van der Waals surface area contributed by atoms with Crippen LogP contribution in [0.2, 0.25) is 0 Å². The summed E-state index contributed by atoms with van der Waals surface area (Å²) >= 11 is 0. The monoisotopic (exact) mass is 904 g/mol. The molecule has 13 rings (SSSR count). The Hall–Kier alpha value is -9.11. The Morgan fingerprint density at radius 2 is 0.845 bits per heavy atom. The lowest BCUT2D eigenvalue weighted by atomic mass is 9.78. The molecule has 12 aromatic rings. The van der Waals surface area contributed by atoms with Crippen LogP contribution in [0.5, 0.6) is 0 Å². The Labute approximate surface area is 414 Å². The van der Waals surface area contributed by atoms with Gasteiger partial charge in [0.2, 0.25) is 0 Å². The summed E-state index contributed by atoms with van der Waals surface area (Å²) in [5, 5.41) is 4.91. The molecule has 0 bridgehead atoms. The second-order valence-corrected chi connectivity index (χ2v) is 18.6. The van der Waals surface area contributed by atoms with Crippen LogP contribution in [0.1, 0.15) is 29.0 Å². The van der Waals surface area contributed by atoms with Gasteiger partial charge in [0, 0.05) is 17.2 Å². The second kappa shape index (κ2) is 18.1. The van der Waals surface area contributed by atoms with E-state index in [-0.39, 0.29) is 5.92 Å². The molecule has 1 atom stereocenters. The van der Waals surface area contributed by atoms with Crippen molar-refractivity contribution in [1.82, 2.24) is 9.55 Å². The summed E-state index contributed by atoms with van der Waals surface area (Å²) < 4.78 is 2.27. The minimum atomic E-state index is 0.212. The van der Waals surface area contributed by atoms with E-state index < -0.39 is 0 Å². The Morgan fingerprint density at radius 3 is 1.51 bits per heavy atom. The lowest BCUT2D eigenvalue weighted by Gasteiger charge is -2.26. The average molecular weight is 905 g/mol. The molecule has 0 radical (unpaired) electrons. The number of benzene rings is 11. The number of allylic oxidation sites excluding steroid dienone is 4. The van der Waals surface area contributed by atoms with E-state index >= 15 is 0 Å². The van der Waals surface area contributed by atoms with Crippen LogP contribution in [0.15, 0.2) is 273 Å². The van der Waals surface area contributed by atoms with Gasteiger partial charge in [-0.2, -0.15) is 0 Å². The fourth-order valence-corrected chi connectivity index (χ4v) is 10.9. The predicted octanol–water partition coefficient (Wildman–Crippen LogP) is 18.3. The normalized spacial score (nSPS) is 13.6. The second-order valence-electron chi connectivity index (χ2n) is 18.6. The van der Waals surface area contributed by atoms with Crippen molar-refractivity contribution >= 4 is 43.7 Å². The summed E-state index contributed by atoms with van der Waals surface area (Å²) in [6.45, 7) is 0. The molecule has 1 aromatic heterocycles. The van der Waals surface area contributed by atoms with Crippen LogP contribution < -0.4 is 0 Å². The van der Waals surface area contributed by atoms with Gasteiger partial charge in [0.15, 0.2) is 0 Å². The van der Waals surface area contributed by atoms with Crippen molar-refractivity contribution in [3.63, 3.8) is 0 Å². The fourth-order valence-electron chi connectivity index (χ4n) is 10.9. The molecule has 334 valence electrons. The average Bonchev–Trinajstić information content (AvgIpc) is 3.85. The van der Waals surface area contributed by atoms with E-state index in [1.165, 1.54) is 82.8 Å². The molecule has 1 unspecified atom stereocenters. The van der Waals surface area contributed by atoms with Crippen molar-refractivity contribution in [2.45, 2.75) is 12.3 Å². The largest absolute Gasteiger partial charge is 0.292 e. The molecule has 0 amide bonds. The molecule has 2 heteroatoms. The molecule has 0 fully saturated rings. The zero-order valence-corrected chi connectivity index (χ0v) is 39.2. The molecular weight excluding hydrogens is 857 g/mol. The van der Waals surface area contributed by atoms with Crippen LogP contribution in [-0.4, -0.2) is 9.55 Å². The van der Waals surface area contributed by atoms with Crippen LogP contribution in [0.4, 0.5) is 0 Å². The van der Waals surface area contributed by atoms with Crippen molar-refractivity contribution in [1.29, 1.82) is 0 Å². The maximum Gasteiger partial charge on any atom is 0.145 e. The molecule has 1 aliphatic rings. The zero-order chi connectivity index (χ0) is 47.1. The first kappa shape index (κ1) is 42.0. The van der Waals surface area contributed by atoms with Crippen LogP contribution in [-0.2, 0) is 0 Å². The van der Waals surface area contributed by atoms with Gasteiger partial charge in [0.25, 0.3) is 0 Å². The maximum absolute atomic E-state index is 5.19. The maximum atomic E-state index is 5.19. The van der Waals surface area contributed by atoms with Crippen LogP contribution in [0.25, 0.3) is 105 Å². The lowest BCUT2D eigenvalue weighted by Crippen LogP contribution is -2.05. The van der Waals surface area contributed by atoms with E-state index in [2.05, 4.69) is 278 Å². The zero-order valence-electron chi connectivity index (χ0n) is 39.2. The number of rotatable bonds is 9. The van der Waals surface area contributed by atoms with Crippen molar-refractivity contribution in [3.05, 3.63) is 290 Å². The quantitative estimate of drug-likeness (QED) is 0.132. The first-order valence-electron chi connectivity index (χ1n) is 24.6. The van der Waals surface area contributed by atoms with Crippen LogP contribution in [0.3, 0.4) is 0 Å². The van der Waals surface area contributed by atoms with Gasteiger partial charge < -0.3 is 0 Å². The van der Waals surface area contributed by atoms with E-state index in [0.29, 0.717) is 0 Å². The summed E-state index contributed by atoms with van der Waals surface area (Å²) in [7, 11) is 0. The Balaban J connectivity index is 1.05. The summed E-state index contributed by atoms with van der Waals surface area (Å²) in [5.41, 5.74) is 20.1. The third-order valence-corrected chi connectivity index (χ3v) is 14.3. The molecule has 71 heavy (non-hydrogen) atoms. The van der Waals surface area contributed by atoms with E-state index in [0.717, 1.165) is 45.7 Å². The van der Waals surface area contributed by atoms with Gasteiger partial charge in [-0.3, -0.25) is 4.57 Å². The molecule has 1 heterocycles. The van der Waals surface area contributed by atoms with Gasteiger partial charge in [0.05, 0.1) is 11.0 Å². The van der Waals surface area contributed by atoms with Gasteiger partial charge in [-0.1, -0.05) is 224 Å². The van der Waals surface area contributed by atoms with Crippen molar-refractivity contribution in [2.75, 3.05) is 0 Å². The number of fused-ring (bicyclic) bond motifs is 3. The lowest BCUT2D eigenvalue weighted by molar-refractivity contribution is 0.871. The molecule has 0 aliphatic heterocycles. The van der Waals surface area contributed by atoms with Crippen molar-refractivity contribution in [3.8, 4) is 61.6 Å². The minimum Gasteiger partial charge on any atom is -0.292 e. The third kappa shape index (κ3) is 7.86. The third-order valence-electron chi connectivity index (χ3n) is 14.3. The Bertz CT molecular complexity index is 3900. The molecule has 0 saturated heterocycles. The number of para-hydroxylation sites is 3. The van der Waals surface area contributed by atoms with Gasteiger partial charge in [-0.15, -0.1) is 0 Å². The number of aromatic nitrogens is 2. The molecular formula is C69H48N2. The number of hydrogen-bond acceptors (Lipinski definition) is 1. The molecule has 2 nitrogen and oxygen atoms in total. The van der Waals surface area contributed by atoms with E-state index in [4.69, 9.17) is 4.98 Å². The van der Waals surface area contributed by atoms with Gasteiger partial charge in [0.1, 0.15) is 5.82 Å². The molecule has 0 N–H and O–H groups in total. The Morgan fingerprint density at radius 1 is 0.352 bits per heavy atom. The first-order valence-corrected chi connectivity index (χ1v) is 24.6. The van der Waals surface area contributed by atoms with Gasteiger partial charge >= 0.3 is 0 Å². The minimum absolute atomic E-state index is 0.212. The highest BCUT2D eigenvalue weighted by molar-refractivity contribution is 6.21. The molecule has 0 spiro atoms. The van der Waals surface area contributed by atoms with Crippen molar-refractivity contribution < 1.29 is 0 Å². The summed E-state index contributed by atoms with van der Waals surface area (Å²) in [6.07, 6.45) is 5.93. The number of hydrogen-bond donors (Lipinski definition) is 0. The number of nitrogens with zero attached hydrogens (tertiary/aromatic N) is 2. The van der Waals surface area contributed by atoms with Gasteiger partial charge in [-0.05, 0) is 149 Å². The standard InChI is InChI=1S/C69H48N2/c1-6-20-47(21-7-1)54-40-55(48-22-8-2-9-23-48)43-58(42-54)67-61-30-16-17-31-62(61)68(59-44-56(49-24-10-3-11-25-49)41-57(45-59)50-26-12-4-13-27-50)64-46-53(38-39-63(64)67)51-34-36-52(37-35-51)69-70-65-32-18-19-33-66(65)71(69)60-28-14-5-15-29-60/h1-39,41-46,54H,40H2. The van der Waals surface area contributed by atoms with E-state index in [9.17, 15) is 0 Å². The summed E-state index contributed by atoms with van der Waals surface area (Å²) in [5.74, 6) is 1.13. The van der Waals surface area contributed by atoms with Crippen molar-refractivity contribution in [2.24, 2.45) is 0 Å². The fraction of sp³-hybridized carbons (Fsp3) is 0.0290. The summed E-state index contributed by atoms with van der Waals surface area (Å²) in [4.78, 5) is 5.19. The highest BCUT2D eigenvalue weighted by Gasteiger charge is 2.24. The van der Waals surface area contributed by atoms with E-state index in [1.54, 1.807) is 0 Å².